The number of anilines is 1. The zero-order chi connectivity index (χ0) is 19.7. The lowest BCUT2D eigenvalue weighted by Crippen LogP contribution is -2.54. The number of halogens is 2. The van der Waals surface area contributed by atoms with Crippen LogP contribution in [0.15, 0.2) is 42.5 Å². The molecule has 0 aliphatic carbocycles. The summed E-state index contributed by atoms with van der Waals surface area (Å²) in [6.45, 7) is -2.27. The Hall–Kier alpha value is -3.36. The molecule has 1 fully saturated rings. The second kappa shape index (κ2) is 7.34. The number of nitrogens with zero attached hydrogens (tertiary/aromatic N) is 1. The molecule has 2 aromatic carbocycles. The minimum atomic E-state index is -2.94. The zero-order valence-corrected chi connectivity index (χ0v) is 14.6. The summed E-state index contributed by atoms with van der Waals surface area (Å²) in [6.07, 6.45) is 0. The Morgan fingerprint density at radius 2 is 1.89 bits per heavy atom. The predicted molar refractivity (Wildman–Crippen MR) is 93.7 cm³/mol. The van der Waals surface area contributed by atoms with Gasteiger partial charge in [-0.3, -0.25) is 9.59 Å². The van der Waals surface area contributed by atoms with Gasteiger partial charge in [0.05, 0.1) is 5.92 Å². The largest absolute Gasteiger partial charge is 0.454 e. The summed E-state index contributed by atoms with van der Waals surface area (Å²) in [5.74, 6) is 0.208. The van der Waals surface area contributed by atoms with Gasteiger partial charge < -0.3 is 24.4 Å². The molecular weight excluding hydrogens is 374 g/mol. The zero-order valence-electron chi connectivity index (χ0n) is 14.6. The van der Waals surface area contributed by atoms with Crippen LogP contribution in [0.5, 0.6) is 17.2 Å². The monoisotopic (exact) mass is 390 g/mol. The molecule has 0 spiro atoms. The molecule has 7 nitrogen and oxygen atoms in total. The van der Waals surface area contributed by atoms with Crippen LogP contribution in [-0.2, 0) is 4.79 Å². The van der Waals surface area contributed by atoms with Crippen molar-refractivity contribution in [1.82, 2.24) is 4.90 Å². The van der Waals surface area contributed by atoms with Crippen LogP contribution in [0.3, 0.4) is 0 Å². The minimum Gasteiger partial charge on any atom is -0.454 e. The fourth-order valence-electron chi connectivity index (χ4n) is 3.02. The summed E-state index contributed by atoms with van der Waals surface area (Å²) in [6, 6.07) is 10.7. The van der Waals surface area contributed by atoms with Crippen molar-refractivity contribution in [3.05, 3.63) is 48.0 Å². The standard InChI is InChI=1S/C19H16F2N2O5/c20-19(21)28-14-3-1-2-13(7-14)22-17(24)12-8-23(9-12)18(25)11-4-5-15-16(6-11)27-10-26-15/h1-7,12,19H,8-10H2,(H,22,24). The molecule has 1 N–H and O–H groups in total. The van der Waals surface area contributed by atoms with E-state index in [-0.39, 0.29) is 43.4 Å². The normalized spacial score (nSPS) is 15.3. The first-order valence-corrected chi connectivity index (χ1v) is 8.54. The van der Waals surface area contributed by atoms with Crippen LogP contribution in [0.1, 0.15) is 10.4 Å². The Bertz CT molecular complexity index is 915. The van der Waals surface area contributed by atoms with Crippen molar-refractivity contribution in [3.8, 4) is 17.2 Å². The van der Waals surface area contributed by atoms with Gasteiger partial charge in [0.1, 0.15) is 5.75 Å². The van der Waals surface area contributed by atoms with E-state index in [0.717, 1.165) is 0 Å². The first kappa shape index (κ1) is 18.0. The maximum atomic E-state index is 12.5. The summed E-state index contributed by atoms with van der Waals surface area (Å²) in [5.41, 5.74) is 0.809. The molecule has 4 rings (SSSR count). The van der Waals surface area contributed by atoms with E-state index >= 15 is 0 Å². The number of fused-ring (bicyclic) bond motifs is 1. The van der Waals surface area contributed by atoms with Gasteiger partial charge >= 0.3 is 6.61 Å². The lowest BCUT2D eigenvalue weighted by atomic mass is 9.97. The summed E-state index contributed by atoms with van der Waals surface area (Å²) >= 11 is 0. The van der Waals surface area contributed by atoms with Crippen LogP contribution < -0.4 is 19.5 Å². The van der Waals surface area contributed by atoms with E-state index in [4.69, 9.17) is 9.47 Å². The van der Waals surface area contributed by atoms with E-state index in [1.807, 2.05) is 0 Å². The summed E-state index contributed by atoms with van der Waals surface area (Å²) in [7, 11) is 0. The lowest BCUT2D eigenvalue weighted by Gasteiger charge is -2.38. The van der Waals surface area contributed by atoms with E-state index in [2.05, 4.69) is 10.1 Å². The second-order valence-corrected chi connectivity index (χ2v) is 6.37. The molecule has 2 aliphatic heterocycles. The lowest BCUT2D eigenvalue weighted by molar-refractivity contribution is -0.123. The van der Waals surface area contributed by atoms with E-state index in [1.165, 1.54) is 18.2 Å². The van der Waals surface area contributed by atoms with Crippen LogP contribution in [0.25, 0.3) is 0 Å². The third-order valence-electron chi connectivity index (χ3n) is 4.49. The first-order chi connectivity index (χ1) is 13.5. The number of alkyl halides is 2. The Balaban J connectivity index is 1.32. The number of hydrogen-bond donors (Lipinski definition) is 1. The van der Waals surface area contributed by atoms with E-state index in [1.54, 1.807) is 29.2 Å². The molecule has 0 bridgehead atoms. The van der Waals surface area contributed by atoms with Gasteiger partial charge in [-0.05, 0) is 30.3 Å². The average molecular weight is 390 g/mol. The fraction of sp³-hybridized carbons (Fsp3) is 0.263. The molecule has 0 saturated carbocycles. The van der Waals surface area contributed by atoms with E-state index in [9.17, 15) is 18.4 Å². The number of benzene rings is 2. The maximum Gasteiger partial charge on any atom is 0.387 e. The molecule has 0 unspecified atom stereocenters. The highest BCUT2D eigenvalue weighted by Crippen LogP contribution is 2.33. The summed E-state index contributed by atoms with van der Waals surface area (Å²) in [5, 5.41) is 2.65. The Labute approximate surface area is 158 Å². The third kappa shape index (κ3) is 3.68. The van der Waals surface area contributed by atoms with Crippen molar-refractivity contribution in [2.75, 3.05) is 25.2 Å². The van der Waals surface area contributed by atoms with Crippen molar-refractivity contribution in [1.29, 1.82) is 0 Å². The molecule has 2 aromatic rings. The Morgan fingerprint density at radius 1 is 1.11 bits per heavy atom. The topological polar surface area (TPSA) is 77.1 Å². The molecule has 2 aliphatic rings. The number of ether oxygens (including phenoxy) is 3. The van der Waals surface area contributed by atoms with Crippen molar-refractivity contribution < 1.29 is 32.6 Å². The predicted octanol–water partition coefficient (Wildman–Crippen LogP) is 2.73. The van der Waals surface area contributed by atoms with Gasteiger partial charge in [0.25, 0.3) is 5.91 Å². The molecule has 1 saturated heterocycles. The van der Waals surface area contributed by atoms with Gasteiger partial charge in [-0.25, -0.2) is 0 Å². The second-order valence-electron chi connectivity index (χ2n) is 6.37. The molecule has 0 radical (unpaired) electrons. The molecule has 9 heteroatoms. The molecule has 2 amide bonds. The van der Waals surface area contributed by atoms with Gasteiger partial charge in [-0.15, -0.1) is 0 Å². The quantitative estimate of drug-likeness (QED) is 0.850. The molecule has 0 atom stereocenters. The number of carbonyl (C=O) groups is 2. The van der Waals surface area contributed by atoms with Crippen molar-refractivity contribution in [2.24, 2.45) is 5.92 Å². The van der Waals surface area contributed by atoms with Crippen LogP contribution >= 0.6 is 0 Å². The van der Waals surface area contributed by atoms with Gasteiger partial charge in [0.15, 0.2) is 11.5 Å². The SMILES string of the molecule is O=C(Nc1cccc(OC(F)F)c1)C1CN(C(=O)c2ccc3c(c2)OCO3)C1. The molecule has 2 heterocycles. The van der Waals surface area contributed by atoms with E-state index < -0.39 is 6.61 Å². The van der Waals surface area contributed by atoms with Crippen LogP contribution in [0, 0.1) is 5.92 Å². The van der Waals surface area contributed by atoms with Gasteiger partial charge in [-0.2, -0.15) is 8.78 Å². The maximum absolute atomic E-state index is 12.5. The average Bonchev–Trinajstić information content (AvgIpc) is 3.07. The number of rotatable bonds is 5. The highest BCUT2D eigenvalue weighted by molar-refractivity contribution is 5.99. The van der Waals surface area contributed by atoms with E-state index in [0.29, 0.717) is 22.7 Å². The molecular formula is C19H16F2N2O5. The smallest absolute Gasteiger partial charge is 0.387 e. The molecule has 146 valence electrons. The van der Waals surface area contributed by atoms with Crippen molar-refractivity contribution in [3.63, 3.8) is 0 Å². The fourth-order valence-corrected chi connectivity index (χ4v) is 3.02. The van der Waals surface area contributed by atoms with Crippen molar-refractivity contribution in [2.45, 2.75) is 6.61 Å². The van der Waals surface area contributed by atoms with Crippen molar-refractivity contribution >= 4 is 17.5 Å². The van der Waals surface area contributed by atoms with Crippen LogP contribution in [0.4, 0.5) is 14.5 Å². The van der Waals surface area contributed by atoms with Gasteiger partial charge in [0.2, 0.25) is 12.7 Å². The van der Waals surface area contributed by atoms with Gasteiger partial charge in [0, 0.05) is 30.4 Å². The molecule has 0 aromatic heterocycles. The number of hydrogen-bond acceptors (Lipinski definition) is 5. The summed E-state index contributed by atoms with van der Waals surface area (Å²) in [4.78, 5) is 26.4. The van der Waals surface area contributed by atoms with Crippen LogP contribution in [0.2, 0.25) is 0 Å². The van der Waals surface area contributed by atoms with Crippen LogP contribution in [-0.4, -0.2) is 43.2 Å². The summed E-state index contributed by atoms with van der Waals surface area (Å²) < 4.78 is 39.3. The number of nitrogens with one attached hydrogen (secondary N) is 1. The highest BCUT2D eigenvalue weighted by atomic mass is 19.3. The molecule has 28 heavy (non-hydrogen) atoms. The van der Waals surface area contributed by atoms with Gasteiger partial charge in [-0.1, -0.05) is 6.07 Å². The Kier molecular flexibility index (Phi) is 4.72. The Morgan fingerprint density at radius 3 is 2.68 bits per heavy atom. The third-order valence-corrected chi connectivity index (χ3v) is 4.49. The highest BCUT2D eigenvalue weighted by Gasteiger charge is 2.36. The number of amides is 2. The number of likely N-dealkylation sites (tertiary alicyclic amines) is 1. The number of carbonyl (C=O) groups excluding carboxylic acids is 2. The first-order valence-electron chi connectivity index (χ1n) is 8.54. The minimum absolute atomic E-state index is 0.0407.